The lowest BCUT2D eigenvalue weighted by molar-refractivity contribution is 0.433. The first-order valence-corrected chi connectivity index (χ1v) is 5.03. The summed E-state index contributed by atoms with van der Waals surface area (Å²) in [6.45, 7) is 4.11. The van der Waals surface area contributed by atoms with E-state index in [1.54, 1.807) is 10.7 Å². The van der Waals surface area contributed by atoms with Crippen molar-refractivity contribution in [3.05, 3.63) is 42.1 Å². The lowest BCUT2D eigenvalue weighted by atomic mass is 10.1. The van der Waals surface area contributed by atoms with E-state index >= 15 is 0 Å². The van der Waals surface area contributed by atoms with E-state index < -0.39 is 0 Å². The molecule has 1 aromatic heterocycles. The molecule has 0 atom stereocenters. The van der Waals surface area contributed by atoms with Crippen LogP contribution in [0.2, 0.25) is 0 Å². The molecular weight excluding hydrogens is 188 g/mol. The van der Waals surface area contributed by atoms with E-state index in [-0.39, 0.29) is 5.88 Å². The molecule has 0 spiro atoms. The van der Waals surface area contributed by atoms with Crippen molar-refractivity contribution in [1.82, 2.24) is 9.78 Å². The third kappa shape index (κ3) is 1.86. The highest BCUT2D eigenvalue weighted by atomic mass is 16.3. The van der Waals surface area contributed by atoms with Gasteiger partial charge in [-0.1, -0.05) is 32.0 Å². The van der Waals surface area contributed by atoms with Crippen LogP contribution in [-0.4, -0.2) is 14.9 Å². The molecule has 3 heteroatoms. The number of rotatable bonds is 2. The van der Waals surface area contributed by atoms with Gasteiger partial charge in [-0.2, -0.15) is 5.10 Å². The second-order valence-corrected chi connectivity index (χ2v) is 3.83. The van der Waals surface area contributed by atoms with E-state index in [4.69, 9.17) is 0 Å². The molecule has 0 bridgehead atoms. The lowest BCUT2D eigenvalue weighted by Gasteiger charge is -2.02. The van der Waals surface area contributed by atoms with Gasteiger partial charge >= 0.3 is 0 Å². The first-order valence-electron chi connectivity index (χ1n) is 5.03. The van der Waals surface area contributed by atoms with Crippen molar-refractivity contribution < 1.29 is 5.11 Å². The van der Waals surface area contributed by atoms with Crippen LogP contribution in [0.25, 0.3) is 5.69 Å². The van der Waals surface area contributed by atoms with Crippen molar-refractivity contribution in [2.45, 2.75) is 19.8 Å². The van der Waals surface area contributed by atoms with E-state index in [1.165, 1.54) is 0 Å². The maximum absolute atomic E-state index is 9.73. The van der Waals surface area contributed by atoms with Crippen LogP contribution in [0.5, 0.6) is 5.88 Å². The van der Waals surface area contributed by atoms with E-state index in [2.05, 4.69) is 18.9 Å². The number of para-hydroxylation sites is 1. The normalized spacial score (nSPS) is 10.9. The fourth-order valence-electron chi connectivity index (χ4n) is 1.43. The van der Waals surface area contributed by atoms with Gasteiger partial charge in [-0.3, -0.25) is 0 Å². The molecule has 0 saturated carbocycles. The Balaban J connectivity index is 2.45. The Morgan fingerprint density at radius 2 is 1.87 bits per heavy atom. The van der Waals surface area contributed by atoms with Crippen molar-refractivity contribution >= 4 is 0 Å². The molecule has 0 radical (unpaired) electrons. The fraction of sp³-hybridized carbons (Fsp3) is 0.250. The van der Waals surface area contributed by atoms with Crippen molar-refractivity contribution in [2.75, 3.05) is 0 Å². The number of hydrogen-bond donors (Lipinski definition) is 1. The van der Waals surface area contributed by atoms with Crippen molar-refractivity contribution in [3.8, 4) is 11.6 Å². The summed E-state index contributed by atoms with van der Waals surface area (Å²) in [5, 5.41) is 14.1. The topological polar surface area (TPSA) is 38.0 Å². The summed E-state index contributed by atoms with van der Waals surface area (Å²) in [4.78, 5) is 0. The molecule has 15 heavy (non-hydrogen) atoms. The zero-order chi connectivity index (χ0) is 10.8. The minimum Gasteiger partial charge on any atom is -0.493 e. The summed E-state index contributed by atoms with van der Waals surface area (Å²) >= 11 is 0. The van der Waals surface area contributed by atoms with E-state index in [9.17, 15) is 5.11 Å². The monoisotopic (exact) mass is 202 g/mol. The molecule has 0 aliphatic heterocycles. The van der Waals surface area contributed by atoms with Crippen molar-refractivity contribution in [3.63, 3.8) is 0 Å². The number of aromatic nitrogens is 2. The summed E-state index contributed by atoms with van der Waals surface area (Å²) < 4.78 is 1.55. The molecule has 2 aromatic rings. The molecule has 0 unspecified atom stereocenters. The molecule has 1 N–H and O–H groups in total. The summed E-state index contributed by atoms with van der Waals surface area (Å²) in [5.74, 6) is 0.505. The Hall–Kier alpha value is -1.77. The highest BCUT2D eigenvalue weighted by Gasteiger charge is 2.10. The Morgan fingerprint density at radius 3 is 2.40 bits per heavy atom. The molecule has 0 aliphatic carbocycles. The zero-order valence-corrected chi connectivity index (χ0v) is 8.88. The summed E-state index contributed by atoms with van der Waals surface area (Å²) in [5.41, 5.74) is 1.78. The summed E-state index contributed by atoms with van der Waals surface area (Å²) in [7, 11) is 0. The number of benzene rings is 1. The van der Waals surface area contributed by atoms with Gasteiger partial charge in [0.25, 0.3) is 0 Å². The standard InChI is InChI=1S/C12H14N2O/c1-9(2)11-8-12(15)14(13-11)10-6-4-3-5-7-10/h3-9,15H,1-2H3. The van der Waals surface area contributed by atoms with Gasteiger partial charge in [0.2, 0.25) is 5.88 Å². The molecule has 3 nitrogen and oxygen atoms in total. The number of hydrogen-bond acceptors (Lipinski definition) is 2. The number of aromatic hydroxyl groups is 1. The van der Waals surface area contributed by atoms with Crippen LogP contribution in [0.4, 0.5) is 0 Å². The molecule has 1 aromatic carbocycles. The average Bonchev–Trinajstić information content (AvgIpc) is 2.62. The predicted molar refractivity (Wildman–Crippen MR) is 59.3 cm³/mol. The van der Waals surface area contributed by atoms with Crippen LogP contribution in [0, 0.1) is 0 Å². The molecule has 0 amide bonds. The molecular formula is C12H14N2O. The molecule has 78 valence electrons. The summed E-state index contributed by atoms with van der Waals surface area (Å²) in [6, 6.07) is 11.3. The third-order valence-electron chi connectivity index (χ3n) is 2.30. The second-order valence-electron chi connectivity index (χ2n) is 3.83. The smallest absolute Gasteiger partial charge is 0.214 e. The minimum atomic E-state index is 0.185. The SMILES string of the molecule is CC(C)c1cc(O)n(-c2ccccc2)n1. The Kier molecular flexibility index (Phi) is 2.46. The zero-order valence-electron chi connectivity index (χ0n) is 8.88. The third-order valence-corrected chi connectivity index (χ3v) is 2.30. The number of nitrogens with zero attached hydrogens (tertiary/aromatic N) is 2. The Morgan fingerprint density at radius 1 is 1.20 bits per heavy atom. The van der Waals surface area contributed by atoms with Gasteiger partial charge in [0.15, 0.2) is 0 Å². The molecule has 0 saturated heterocycles. The summed E-state index contributed by atoms with van der Waals surface area (Å²) in [6.07, 6.45) is 0. The van der Waals surface area contributed by atoms with Gasteiger partial charge in [-0.25, -0.2) is 4.68 Å². The van der Waals surface area contributed by atoms with Crippen LogP contribution < -0.4 is 0 Å². The van der Waals surface area contributed by atoms with Crippen molar-refractivity contribution in [1.29, 1.82) is 0 Å². The predicted octanol–water partition coefficient (Wildman–Crippen LogP) is 2.70. The van der Waals surface area contributed by atoms with Gasteiger partial charge in [-0.15, -0.1) is 0 Å². The second kappa shape index (κ2) is 3.77. The van der Waals surface area contributed by atoms with Gasteiger partial charge in [0, 0.05) is 6.07 Å². The maximum Gasteiger partial charge on any atom is 0.214 e. The quantitative estimate of drug-likeness (QED) is 0.813. The van der Waals surface area contributed by atoms with Crippen molar-refractivity contribution in [2.24, 2.45) is 0 Å². The van der Waals surface area contributed by atoms with Crippen LogP contribution in [0.1, 0.15) is 25.5 Å². The van der Waals surface area contributed by atoms with E-state index in [1.807, 2.05) is 30.3 Å². The molecule has 0 aliphatic rings. The first-order chi connectivity index (χ1) is 7.18. The van der Waals surface area contributed by atoms with E-state index in [0.717, 1.165) is 11.4 Å². The van der Waals surface area contributed by atoms with Crippen LogP contribution >= 0.6 is 0 Å². The largest absolute Gasteiger partial charge is 0.493 e. The maximum atomic E-state index is 9.73. The minimum absolute atomic E-state index is 0.185. The van der Waals surface area contributed by atoms with Crippen LogP contribution in [0.15, 0.2) is 36.4 Å². The Labute approximate surface area is 89.0 Å². The molecule has 0 fully saturated rings. The highest BCUT2D eigenvalue weighted by molar-refractivity contribution is 5.35. The van der Waals surface area contributed by atoms with Gasteiger partial charge < -0.3 is 5.11 Å². The fourth-order valence-corrected chi connectivity index (χ4v) is 1.43. The lowest BCUT2D eigenvalue weighted by Crippen LogP contribution is -1.97. The first kappa shape index (κ1) is 9.77. The van der Waals surface area contributed by atoms with Crippen LogP contribution in [-0.2, 0) is 0 Å². The van der Waals surface area contributed by atoms with Gasteiger partial charge in [0.05, 0.1) is 11.4 Å². The van der Waals surface area contributed by atoms with Gasteiger partial charge in [-0.05, 0) is 18.1 Å². The average molecular weight is 202 g/mol. The van der Waals surface area contributed by atoms with Crippen LogP contribution in [0.3, 0.4) is 0 Å². The van der Waals surface area contributed by atoms with E-state index in [0.29, 0.717) is 5.92 Å². The molecule has 2 rings (SSSR count). The van der Waals surface area contributed by atoms with Gasteiger partial charge in [0.1, 0.15) is 0 Å². The highest BCUT2D eigenvalue weighted by Crippen LogP contribution is 2.22. The Bertz CT molecular complexity index is 446. The molecule has 1 heterocycles.